The summed E-state index contributed by atoms with van der Waals surface area (Å²) in [5, 5.41) is 0. The summed E-state index contributed by atoms with van der Waals surface area (Å²) in [4.78, 5) is 27.6. The highest BCUT2D eigenvalue weighted by Gasteiger charge is 2.35. The average Bonchev–Trinajstić information content (AvgIpc) is 2.97. The molecule has 0 spiro atoms. The van der Waals surface area contributed by atoms with E-state index in [1.807, 2.05) is 18.3 Å². The van der Waals surface area contributed by atoms with E-state index in [0.717, 1.165) is 102 Å². The number of benzene rings is 1. The molecule has 38 heavy (non-hydrogen) atoms. The Kier molecular flexibility index (Phi) is 9.18. The van der Waals surface area contributed by atoms with Gasteiger partial charge < -0.3 is 14.5 Å². The highest BCUT2D eigenvalue weighted by atomic mass is 16.5. The predicted octanol–water partition coefficient (Wildman–Crippen LogP) is 4.14. The average molecular weight is 520 g/mol. The third-order valence-electron chi connectivity index (χ3n) is 8.96. The number of likely N-dealkylation sites (tertiary alicyclic amines) is 2. The maximum atomic E-state index is 13.1. The fourth-order valence-electron chi connectivity index (χ4n) is 6.63. The zero-order valence-corrected chi connectivity index (χ0v) is 23.3. The Labute approximate surface area is 228 Å². The van der Waals surface area contributed by atoms with Gasteiger partial charge in [0, 0.05) is 77.6 Å². The Morgan fingerprint density at radius 2 is 1.71 bits per heavy atom. The number of carbonyl (C=O) groups is 1. The van der Waals surface area contributed by atoms with Crippen LogP contribution in [0.4, 0.5) is 5.69 Å². The Morgan fingerprint density at radius 3 is 2.45 bits per heavy atom. The van der Waals surface area contributed by atoms with Gasteiger partial charge in [0.1, 0.15) is 5.75 Å². The molecule has 0 aliphatic carbocycles. The van der Waals surface area contributed by atoms with Crippen LogP contribution in [0.5, 0.6) is 5.75 Å². The molecule has 7 nitrogen and oxygen atoms in total. The maximum absolute atomic E-state index is 13.1. The lowest BCUT2D eigenvalue weighted by Crippen LogP contribution is -2.56. The van der Waals surface area contributed by atoms with Crippen molar-refractivity contribution in [1.82, 2.24) is 19.7 Å². The van der Waals surface area contributed by atoms with Crippen molar-refractivity contribution in [3.63, 3.8) is 0 Å². The zero-order chi connectivity index (χ0) is 26.3. The summed E-state index contributed by atoms with van der Waals surface area (Å²) >= 11 is 0. The van der Waals surface area contributed by atoms with Gasteiger partial charge in [-0.25, -0.2) is 0 Å². The number of piperazine rings is 1. The summed E-state index contributed by atoms with van der Waals surface area (Å²) in [6, 6.07) is 15.1. The van der Waals surface area contributed by atoms with E-state index in [-0.39, 0.29) is 0 Å². The maximum Gasteiger partial charge on any atom is 0.222 e. The largest absolute Gasteiger partial charge is 0.495 e. The van der Waals surface area contributed by atoms with Crippen LogP contribution in [0, 0.1) is 11.8 Å². The van der Waals surface area contributed by atoms with Crippen molar-refractivity contribution in [2.45, 2.75) is 51.6 Å². The van der Waals surface area contributed by atoms with Gasteiger partial charge in [-0.05, 0) is 61.8 Å². The SMILES string of the molecule is COc1ccccc1N1CCN([C@H]2CCN(Cc3ccccn3)C[C@H]2CCC(=O)N2CCC(C)CC2)CC1. The summed E-state index contributed by atoms with van der Waals surface area (Å²) in [5.74, 6) is 2.56. The zero-order valence-electron chi connectivity index (χ0n) is 23.3. The highest BCUT2D eigenvalue weighted by Crippen LogP contribution is 2.32. The van der Waals surface area contributed by atoms with Gasteiger partial charge in [-0.3, -0.25) is 19.6 Å². The van der Waals surface area contributed by atoms with E-state index in [1.54, 1.807) is 7.11 Å². The third-order valence-corrected chi connectivity index (χ3v) is 8.96. The molecule has 0 N–H and O–H groups in total. The van der Waals surface area contributed by atoms with Gasteiger partial charge in [0.2, 0.25) is 5.91 Å². The van der Waals surface area contributed by atoms with Gasteiger partial charge in [-0.1, -0.05) is 25.1 Å². The van der Waals surface area contributed by atoms with Crippen LogP contribution in [-0.2, 0) is 11.3 Å². The van der Waals surface area contributed by atoms with Crippen molar-refractivity contribution < 1.29 is 9.53 Å². The van der Waals surface area contributed by atoms with Crippen LogP contribution >= 0.6 is 0 Å². The lowest BCUT2D eigenvalue weighted by molar-refractivity contribution is -0.133. The van der Waals surface area contributed by atoms with Gasteiger partial charge in [0.05, 0.1) is 18.5 Å². The van der Waals surface area contributed by atoms with Crippen LogP contribution in [0.2, 0.25) is 0 Å². The number of hydrogen-bond donors (Lipinski definition) is 0. The molecular formula is C31H45N5O2. The molecule has 0 bridgehead atoms. The number of amides is 1. The van der Waals surface area contributed by atoms with Crippen molar-refractivity contribution in [2.75, 3.05) is 64.4 Å². The number of carbonyl (C=O) groups excluding carboxylic acids is 1. The summed E-state index contributed by atoms with van der Waals surface area (Å²) in [5.41, 5.74) is 2.33. The quantitative estimate of drug-likeness (QED) is 0.523. The van der Waals surface area contributed by atoms with E-state index in [0.29, 0.717) is 24.3 Å². The first-order chi connectivity index (χ1) is 18.6. The van der Waals surface area contributed by atoms with Gasteiger partial charge in [0.25, 0.3) is 0 Å². The van der Waals surface area contributed by atoms with Crippen molar-refractivity contribution in [2.24, 2.45) is 11.8 Å². The number of rotatable bonds is 8. The first-order valence-electron chi connectivity index (χ1n) is 14.6. The monoisotopic (exact) mass is 519 g/mol. The molecule has 4 heterocycles. The summed E-state index contributed by atoms with van der Waals surface area (Å²) in [7, 11) is 1.75. The van der Waals surface area contributed by atoms with E-state index in [1.165, 1.54) is 5.69 Å². The molecule has 3 fully saturated rings. The molecule has 0 radical (unpaired) electrons. The van der Waals surface area contributed by atoms with Crippen molar-refractivity contribution in [3.8, 4) is 5.75 Å². The van der Waals surface area contributed by atoms with E-state index >= 15 is 0 Å². The molecule has 1 amide bonds. The van der Waals surface area contributed by atoms with Gasteiger partial charge in [0.15, 0.2) is 0 Å². The minimum absolute atomic E-state index is 0.360. The van der Waals surface area contributed by atoms with Gasteiger partial charge in [-0.2, -0.15) is 0 Å². The summed E-state index contributed by atoms with van der Waals surface area (Å²) in [6.45, 7) is 11.3. The number of anilines is 1. The van der Waals surface area contributed by atoms with Crippen molar-refractivity contribution in [3.05, 3.63) is 54.4 Å². The van der Waals surface area contributed by atoms with E-state index in [9.17, 15) is 4.79 Å². The molecule has 2 atom stereocenters. The third kappa shape index (κ3) is 6.67. The Hall–Kier alpha value is -2.64. The van der Waals surface area contributed by atoms with E-state index < -0.39 is 0 Å². The van der Waals surface area contributed by atoms with Crippen LogP contribution in [0.3, 0.4) is 0 Å². The fourth-order valence-corrected chi connectivity index (χ4v) is 6.63. The second-order valence-corrected chi connectivity index (χ2v) is 11.5. The first kappa shape index (κ1) is 26.9. The topological polar surface area (TPSA) is 52.2 Å². The van der Waals surface area contributed by atoms with Crippen molar-refractivity contribution in [1.29, 1.82) is 0 Å². The first-order valence-corrected chi connectivity index (χ1v) is 14.6. The number of piperidine rings is 2. The minimum atomic E-state index is 0.360. The lowest BCUT2D eigenvalue weighted by atomic mass is 9.86. The number of ether oxygens (including phenoxy) is 1. The van der Waals surface area contributed by atoms with Gasteiger partial charge in [-0.15, -0.1) is 0 Å². The van der Waals surface area contributed by atoms with Crippen molar-refractivity contribution >= 4 is 11.6 Å². The van der Waals surface area contributed by atoms with Crippen LogP contribution in [0.15, 0.2) is 48.7 Å². The molecule has 3 saturated heterocycles. The Bertz CT molecular complexity index is 1020. The molecule has 7 heteroatoms. The summed E-state index contributed by atoms with van der Waals surface area (Å²) in [6.07, 6.45) is 6.98. The number of nitrogens with zero attached hydrogens (tertiary/aromatic N) is 5. The Morgan fingerprint density at radius 1 is 0.947 bits per heavy atom. The fraction of sp³-hybridized carbons (Fsp3) is 0.613. The molecule has 0 unspecified atom stereocenters. The molecular weight excluding hydrogens is 474 g/mol. The number of methoxy groups -OCH3 is 1. The molecule has 3 aliphatic heterocycles. The number of pyridine rings is 1. The summed E-state index contributed by atoms with van der Waals surface area (Å²) < 4.78 is 5.63. The number of aromatic nitrogens is 1. The van der Waals surface area contributed by atoms with E-state index in [2.05, 4.69) is 61.8 Å². The van der Waals surface area contributed by atoms with E-state index in [4.69, 9.17) is 4.74 Å². The normalized spacial score (nSPS) is 23.9. The lowest BCUT2D eigenvalue weighted by Gasteiger charge is -2.47. The predicted molar refractivity (Wildman–Crippen MR) is 152 cm³/mol. The molecule has 0 saturated carbocycles. The molecule has 1 aromatic heterocycles. The number of hydrogen-bond acceptors (Lipinski definition) is 6. The highest BCUT2D eigenvalue weighted by molar-refractivity contribution is 5.76. The smallest absolute Gasteiger partial charge is 0.222 e. The van der Waals surface area contributed by atoms with Crippen LogP contribution in [0.1, 0.15) is 44.7 Å². The second-order valence-electron chi connectivity index (χ2n) is 11.5. The molecule has 2 aromatic rings. The standard InChI is InChI=1S/C31H45N5O2/c1-25-12-17-36(18-13-25)31(37)11-10-26-23-33(24-27-7-5-6-15-32-27)16-14-28(26)34-19-21-35(22-20-34)29-8-3-4-9-30(29)38-2/h3-9,15,25-26,28H,10-14,16-24H2,1-2H3/t26-,28+/m1/s1. The minimum Gasteiger partial charge on any atom is -0.495 e. The second kappa shape index (κ2) is 12.9. The van der Waals surface area contributed by atoms with Crippen LogP contribution in [-0.4, -0.2) is 91.1 Å². The van der Waals surface area contributed by atoms with Gasteiger partial charge >= 0.3 is 0 Å². The Balaban J connectivity index is 1.22. The molecule has 1 aromatic carbocycles. The number of para-hydroxylation sites is 2. The van der Waals surface area contributed by atoms with Crippen LogP contribution in [0.25, 0.3) is 0 Å². The van der Waals surface area contributed by atoms with Crippen LogP contribution < -0.4 is 9.64 Å². The molecule has 5 rings (SSSR count). The molecule has 3 aliphatic rings. The molecule has 206 valence electrons.